The van der Waals surface area contributed by atoms with E-state index in [4.69, 9.17) is 0 Å². The summed E-state index contributed by atoms with van der Waals surface area (Å²) in [5.41, 5.74) is 4.73. The number of carbonyl (C=O) groups is 1. The highest BCUT2D eigenvalue weighted by atomic mass is 16.3. The monoisotopic (exact) mass is 389 g/mol. The molecule has 0 saturated carbocycles. The fourth-order valence-corrected chi connectivity index (χ4v) is 4.34. The molecular weight excluding hydrogens is 366 g/mol. The lowest BCUT2D eigenvalue weighted by molar-refractivity contribution is 0.0604. The molecule has 0 bridgehead atoms. The minimum absolute atomic E-state index is 0.00174. The Morgan fingerprint density at radius 2 is 2.07 bits per heavy atom. The number of H-pyrrole nitrogens is 1. The van der Waals surface area contributed by atoms with Crippen LogP contribution in [0.5, 0.6) is 5.75 Å². The number of aromatic amines is 1. The first-order valence-corrected chi connectivity index (χ1v) is 9.91. The number of hydrogen-bond donors (Lipinski definition) is 2. The molecule has 2 aromatic heterocycles. The van der Waals surface area contributed by atoms with Gasteiger partial charge in [0.2, 0.25) is 0 Å². The normalized spacial score (nSPS) is 18.8. The number of fused-ring (bicyclic) bond motifs is 2. The summed E-state index contributed by atoms with van der Waals surface area (Å²) < 4.78 is 0. The van der Waals surface area contributed by atoms with Gasteiger partial charge in [0.05, 0.1) is 28.9 Å². The molecule has 2 N–H and O–H groups in total. The van der Waals surface area contributed by atoms with Crippen LogP contribution in [0, 0.1) is 6.92 Å². The molecule has 0 spiro atoms. The average Bonchev–Trinajstić information content (AvgIpc) is 3.33. The van der Waals surface area contributed by atoms with Crippen molar-refractivity contribution in [1.29, 1.82) is 0 Å². The van der Waals surface area contributed by atoms with Gasteiger partial charge in [-0.3, -0.25) is 9.89 Å². The highest BCUT2D eigenvalue weighted by Gasteiger charge is 2.33. The molecule has 1 unspecified atom stereocenters. The van der Waals surface area contributed by atoms with Crippen molar-refractivity contribution in [3.05, 3.63) is 53.4 Å². The first kappa shape index (κ1) is 17.7. The zero-order valence-corrected chi connectivity index (χ0v) is 16.5. The van der Waals surface area contributed by atoms with Crippen LogP contribution in [0.3, 0.4) is 0 Å². The molecule has 7 heteroatoms. The maximum absolute atomic E-state index is 13.7. The molecule has 7 nitrogen and oxygen atoms in total. The number of phenolic OH excluding ortho intramolecular Hbond substituents is 1. The highest BCUT2D eigenvalue weighted by molar-refractivity contribution is 6.07. The number of pyridine rings is 1. The van der Waals surface area contributed by atoms with E-state index in [1.54, 1.807) is 24.3 Å². The first-order valence-electron chi connectivity index (χ1n) is 9.91. The molecular formula is C22H23N5O2. The standard InChI is InChI=1S/C22H23N5O2/c1-13-11-26-9-3-4-16(26)12-27(13)22(29)18-10-19(15-5-7-17(28)8-6-15)23-21-20(18)14(2)24-25-21/h4-8,10,13,28H,3,9,11-12H2,1-2H3,(H,23,24,25). The van der Waals surface area contributed by atoms with E-state index in [-0.39, 0.29) is 17.7 Å². The van der Waals surface area contributed by atoms with Crippen LogP contribution in [0.25, 0.3) is 22.3 Å². The second-order valence-electron chi connectivity index (χ2n) is 7.85. The highest BCUT2D eigenvalue weighted by Crippen LogP contribution is 2.30. The first-order chi connectivity index (χ1) is 14.0. The van der Waals surface area contributed by atoms with Crippen molar-refractivity contribution < 1.29 is 9.90 Å². The van der Waals surface area contributed by atoms with Crippen molar-refractivity contribution in [2.45, 2.75) is 26.3 Å². The Morgan fingerprint density at radius 3 is 2.86 bits per heavy atom. The zero-order valence-electron chi connectivity index (χ0n) is 16.5. The Labute approximate surface area is 168 Å². The number of phenols is 1. The maximum atomic E-state index is 13.7. The molecule has 2 aliphatic rings. The topological polar surface area (TPSA) is 85.3 Å². The molecule has 1 aromatic carbocycles. The Bertz CT molecular complexity index is 1130. The predicted octanol–water partition coefficient (Wildman–Crippen LogP) is 3.07. The number of aryl methyl sites for hydroxylation is 1. The predicted molar refractivity (Wildman–Crippen MR) is 110 cm³/mol. The lowest BCUT2D eigenvalue weighted by atomic mass is 10.0. The van der Waals surface area contributed by atoms with Crippen molar-refractivity contribution in [3.63, 3.8) is 0 Å². The molecule has 3 aromatic rings. The van der Waals surface area contributed by atoms with E-state index in [1.165, 1.54) is 5.70 Å². The molecule has 1 saturated heterocycles. The molecule has 1 atom stereocenters. The van der Waals surface area contributed by atoms with E-state index in [0.717, 1.165) is 36.2 Å². The molecule has 1 amide bonds. The van der Waals surface area contributed by atoms with Gasteiger partial charge in [-0.2, -0.15) is 5.10 Å². The number of piperazine rings is 1. The van der Waals surface area contributed by atoms with Crippen LogP contribution >= 0.6 is 0 Å². The maximum Gasteiger partial charge on any atom is 0.255 e. The summed E-state index contributed by atoms with van der Waals surface area (Å²) >= 11 is 0. The van der Waals surface area contributed by atoms with Gasteiger partial charge >= 0.3 is 0 Å². The van der Waals surface area contributed by atoms with Crippen molar-refractivity contribution in [3.8, 4) is 17.0 Å². The van der Waals surface area contributed by atoms with Crippen LogP contribution in [0.1, 0.15) is 29.4 Å². The number of rotatable bonds is 2. The third kappa shape index (κ3) is 2.93. The van der Waals surface area contributed by atoms with Crippen LogP contribution in [-0.2, 0) is 0 Å². The Hall–Kier alpha value is -3.35. The smallest absolute Gasteiger partial charge is 0.255 e. The van der Waals surface area contributed by atoms with E-state index in [0.29, 0.717) is 23.4 Å². The largest absolute Gasteiger partial charge is 0.508 e. The van der Waals surface area contributed by atoms with E-state index in [9.17, 15) is 9.90 Å². The summed E-state index contributed by atoms with van der Waals surface area (Å²) in [5.74, 6) is 0.196. The number of carbonyl (C=O) groups excluding carboxylic acids is 1. The number of aromatic nitrogens is 3. The van der Waals surface area contributed by atoms with Crippen molar-refractivity contribution >= 4 is 16.9 Å². The lowest BCUT2D eigenvalue weighted by Gasteiger charge is -2.40. The third-order valence-corrected chi connectivity index (χ3v) is 5.90. The molecule has 0 radical (unpaired) electrons. The van der Waals surface area contributed by atoms with Crippen LogP contribution in [0.15, 0.2) is 42.1 Å². The number of nitrogens with zero attached hydrogens (tertiary/aromatic N) is 4. The fourth-order valence-electron chi connectivity index (χ4n) is 4.34. The van der Waals surface area contributed by atoms with Gasteiger partial charge in [0.15, 0.2) is 5.65 Å². The number of benzene rings is 1. The fraction of sp³-hybridized carbons (Fsp3) is 0.318. The summed E-state index contributed by atoms with van der Waals surface area (Å²) in [6, 6.07) is 8.81. The molecule has 0 aliphatic carbocycles. The SMILES string of the molecule is Cc1n[nH]c2nc(-c3ccc(O)cc3)cc(C(=O)N3CC4=CCCN4CC3C)c12. The molecule has 5 rings (SSSR count). The quantitative estimate of drug-likeness (QED) is 0.704. The minimum atomic E-state index is 0.00174. The van der Waals surface area contributed by atoms with Gasteiger partial charge in [-0.1, -0.05) is 6.08 Å². The van der Waals surface area contributed by atoms with Gasteiger partial charge in [0.25, 0.3) is 5.91 Å². The van der Waals surface area contributed by atoms with Gasteiger partial charge < -0.3 is 14.9 Å². The number of nitrogens with one attached hydrogen (secondary N) is 1. The molecule has 148 valence electrons. The van der Waals surface area contributed by atoms with E-state index in [1.807, 2.05) is 17.9 Å². The number of amides is 1. The zero-order chi connectivity index (χ0) is 20.1. The van der Waals surface area contributed by atoms with Crippen LogP contribution < -0.4 is 0 Å². The minimum Gasteiger partial charge on any atom is -0.508 e. The van der Waals surface area contributed by atoms with Gasteiger partial charge in [-0.25, -0.2) is 4.98 Å². The van der Waals surface area contributed by atoms with Gasteiger partial charge in [0.1, 0.15) is 5.75 Å². The molecule has 29 heavy (non-hydrogen) atoms. The second kappa shape index (κ2) is 6.62. The van der Waals surface area contributed by atoms with Crippen LogP contribution in [-0.4, -0.2) is 61.7 Å². The molecule has 4 heterocycles. The third-order valence-electron chi connectivity index (χ3n) is 5.90. The van der Waals surface area contributed by atoms with Crippen molar-refractivity contribution in [1.82, 2.24) is 25.0 Å². The summed E-state index contributed by atoms with van der Waals surface area (Å²) in [4.78, 5) is 22.7. The number of hydrogen-bond acceptors (Lipinski definition) is 5. The Kier molecular flexibility index (Phi) is 4.04. The van der Waals surface area contributed by atoms with Gasteiger partial charge in [-0.05, 0) is 50.6 Å². The number of aromatic hydroxyl groups is 1. The van der Waals surface area contributed by atoms with E-state index >= 15 is 0 Å². The summed E-state index contributed by atoms with van der Waals surface area (Å²) in [6.45, 7) is 6.54. The lowest BCUT2D eigenvalue weighted by Crippen LogP contribution is -2.51. The molecule has 1 fully saturated rings. The summed E-state index contributed by atoms with van der Waals surface area (Å²) in [6.07, 6.45) is 3.29. The van der Waals surface area contributed by atoms with Crippen molar-refractivity contribution in [2.24, 2.45) is 0 Å². The van der Waals surface area contributed by atoms with E-state index in [2.05, 4.69) is 33.1 Å². The second-order valence-corrected chi connectivity index (χ2v) is 7.85. The van der Waals surface area contributed by atoms with Gasteiger partial charge in [0, 0.05) is 30.4 Å². The summed E-state index contributed by atoms with van der Waals surface area (Å²) in [5, 5.41) is 17.6. The van der Waals surface area contributed by atoms with Crippen LogP contribution in [0.4, 0.5) is 0 Å². The van der Waals surface area contributed by atoms with Crippen molar-refractivity contribution in [2.75, 3.05) is 19.6 Å². The Morgan fingerprint density at radius 1 is 1.28 bits per heavy atom. The molecule has 2 aliphatic heterocycles. The van der Waals surface area contributed by atoms with Crippen LogP contribution in [0.2, 0.25) is 0 Å². The van der Waals surface area contributed by atoms with Gasteiger partial charge in [-0.15, -0.1) is 0 Å². The Balaban J connectivity index is 1.60. The average molecular weight is 389 g/mol. The summed E-state index contributed by atoms with van der Waals surface area (Å²) in [7, 11) is 0. The van der Waals surface area contributed by atoms with E-state index < -0.39 is 0 Å².